The zero-order chi connectivity index (χ0) is 25.3. The van der Waals surface area contributed by atoms with Gasteiger partial charge in [0.1, 0.15) is 17.9 Å². The van der Waals surface area contributed by atoms with Crippen LogP contribution in [0.2, 0.25) is 0 Å². The van der Waals surface area contributed by atoms with E-state index in [-0.39, 0.29) is 6.54 Å². The minimum atomic E-state index is -1.32. The smallest absolute Gasteiger partial charge is 0.319 e. The molecule has 3 aromatic carbocycles. The highest BCUT2D eigenvalue weighted by Gasteiger charge is 2.49. The number of anilines is 1. The highest BCUT2D eigenvalue weighted by Crippen LogP contribution is 2.31. The lowest BCUT2D eigenvalue weighted by atomic mass is 9.90. The van der Waals surface area contributed by atoms with Crippen molar-refractivity contribution in [3.05, 3.63) is 108 Å². The summed E-state index contributed by atoms with van der Waals surface area (Å²) in [5.41, 5.74) is 0.339. The summed E-state index contributed by atoms with van der Waals surface area (Å²) in [7, 11) is 0. The van der Waals surface area contributed by atoms with Gasteiger partial charge >= 0.3 is 6.03 Å². The van der Waals surface area contributed by atoms with Crippen molar-refractivity contribution < 1.29 is 18.8 Å². The van der Waals surface area contributed by atoms with E-state index in [0.717, 1.165) is 15.7 Å². The minimum Gasteiger partial charge on any atom is -0.319 e. The number of nitrogens with one attached hydrogen (secondary N) is 1. The summed E-state index contributed by atoms with van der Waals surface area (Å²) in [6, 6.07) is 23.4. The first-order valence-electron chi connectivity index (χ1n) is 11.4. The van der Waals surface area contributed by atoms with Crippen LogP contribution in [0.4, 0.5) is 14.9 Å². The number of aromatic nitrogens is 1. The predicted molar refractivity (Wildman–Crippen MR) is 133 cm³/mol. The normalized spacial score (nSPS) is 17.3. The Hall–Kier alpha value is -4.59. The second-order valence-electron chi connectivity index (χ2n) is 8.79. The Balaban J connectivity index is 1.42. The van der Waals surface area contributed by atoms with Gasteiger partial charge in [-0.05, 0) is 65.7 Å². The number of carbonyl (C=O) groups is 3. The van der Waals surface area contributed by atoms with Gasteiger partial charge in [-0.15, -0.1) is 0 Å². The lowest BCUT2D eigenvalue weighted by molar-refractivity contribution is -0.134. The predicted octanol–water partition coefficient (Wildman–Crippen LogP) is 4.37. The Morgan fingerprint density at radius 1 is 0.972 bits per heavy atom. The van der Waals surface area contributed by atoms with E-state index < -0.39 is 35.7 Å². The lowest BCUT2D eigenvalue weighted by Crippen LogP contribution is -2.44. The monoisotopic (exact) mass is 482 g/mol. The van der Waals surface area contributed by atoms with Gasteiger partial charge in [0.15, 0.2) is 0 Å². The first kappa shape index (κ1) is 23.2. The highest BCUT2D eigenvalue weighted by atomic mass is 19.1. The van der Waals surface area contributed by atoms with Crippen LogP contribution in [-0.4, -0.2) is 34.3 Å². The molecule has 1 aliphatic heterocycles. The van der Waals surface area contributed by atoms with Crippen LogP contribution in [0, 0.1) is 5.82 Å². The molecule has 8 heteroatoms. The number of halogens is 1. The summed E-state index contributed by atoms with van der Waals surface area (Å²) in [5, 5.41) is 4.71. The number of imide groups is 1. The van der Waals surface area contributed by atoms with Crippen molar-refractivity contribution in [2.75, 3.05) is 11.4 Å². The summed E-state index contributed by atoms with van der Waals surface area (Å²) in [4.78, 5) is 46.4. The molecule has 4 aromatic rings. The van der Waals surface area contributed by atoms with Crippen LogP contribution in [0.5, 0.6) is 0 Å². The van der Waals surface area contributed by atoms with Gasteiger partial charge < -0.3 is 10.2 Å². The van der Waals surface area contributed by atoms with Crippen molar-refractivity contribution in [3.63, 3.8) is 0 Å². The van der Waals surface area contributed by atoms with Crippen LogP contribution in [-0.2, 0) is 21.7 Å². The Morgan fingerprint density at radius 3 is 2.42 bits per heavy atom. The van der Waals surface area contributed by atoms with Gasteiger partial charge in [-0.3, -0.25) is 19.5 Å². The molecule has 1 atom stereocenters. The van der Waals surface area contributed by atoms with E-state index in [1.165, 1.54) is 29.2 Å². The molecule has 180 valence electrons. The Labute approximate surface area is 207 Å². The van der Waals surface area contributed by atoms with Gasteiger partial charge in [-0.2, -0.15) is 0 Å². The second-order valence-corrected chi connectivity index (χ2v) is 8.79. The molecule has 1 aliphatic rings. The number of rotatable bonds is 6. The Morgan fingerprint density at radius 2 is 1.69 bits per heavy atom. The van der Waals surface area contributed by atoms with Crippen LogP contribution >= 0.6 is 0 Å². The molecular formula is C28H23FN4O3. The topological polar surface area (TPSA) is 82.6 Å². The van der Waals surface area contributed by atoms with Crippen molar-refractivity contribution in [2.24, 2.45) is 0 Å². The van der Waals surface area contributed by atoms with E-state index >= 15 is 0 Å². The number of nitrogens with zero attached hydrogens (tertiary/aromatic N) is 3. The summed E-state index contributed by atoms with van der Waals surface area (Å²) in [6.07, 6.45) is 1.61. The van der Waals surface area contributed by atoms with Crippen molar-refractivity contribution in [3.8, 4) is 0 Å². The number of carbonyl (C=O) groups excluding carboxylic acids is 3. The van der Waals surface area contributed by atoms with E-state index in [9.17, 15) is 18.8 Å². The van der Waals surface area contributed by atoms with Gasteiger partial charge in [0.05, 0.1) is 12.2 Å². The van der Waals surface area contributed by atoms with Crippen LogP contribution in [0.25, 0.3) is 10.8 Å². The number of urea groups is 1. The molecular weight excluding hydrogens is 459 g/mol. The maximum Gasteiger partial charge on any atom is 0.325 e. The van der Waals surface area contributed by atoms with Crippen molar-refractivity contribution in [2.45, 2.75) is 19.0 Å². The third-order valence-electron chi connectivity index (χ3n) is 6.38. The zero-order valence-electron chi connectivity index (χ0n) is 19.5. The average molecular weight is 483 g/mol. The van der Waals surface area contributed by atoms with Gasteiger partial charge in [0, 0.05) is 11.9 Å². The molecule has 0 bridgehead atoms. The first-order chi connectivity index (χ1) is 17.3. The number of fused-ring (bicyclic) bond motifs is 1. The minimum absolute atomic E-state index is 0.0941. The molecule has 1 aromatic heterocycles. The second kappa shape index (κ2) is 9.22. The molecule has 1 fully saturated rings. The van der Waals surface area contributed by atoms with Gasteiger partial charge in [-0.25, -0.2) is 9.18 Å². The molecule has 36 heavy (non-hydrogen) atoms. The van der Waals surface area contributed by atoms with Crippen LogP contribution in [0.1, 0.15) is 18.2 Å². The molecule has 5 rings (SSSR count). The summed E-state index contributed by atoms with van der Waals surface area (Å²) < 4.78 is 13.5. The fraction of sp³-hybridized carbons (Fsp3) is 0.143. The van der Waals surface area contributed by atoms with E-state index in [1.54, 1.807) is 37.4 Å². The Bertz CT molecular complexity index is 1460. The fourth-order valence-corrected chi connectivity index (χ4v) is 4.36. The van der Waals surface area contributed by atoms with Crippen molar-refractivity contribution >= 4 is 34.3 Å². The molecule has 0 aliphatic carbocycles. The summed E-state index contributed by atoms with van der Waals surface area (Å²) in [6.45, 7) is 1.25. The van der Waals surface area contributed by atoms with Gasteiger partial charge in [-0.1, -0.05) is 42.5 Å². The molecule has 0 radical (unpaired) electrons. The molecule has 1 N–H and O–H groups in total. The van der Waals surface area contributed by atoms with E-state index in [1.807, 2.05) is 36.4 Å². The van der Waals surface area contributed by atoms with Gasteiger partial charge in [0.25, 0.3) is 5.91 Å². The standard InChI is InChI=1S/C28H23FN4O3/c1-28(21-10-9-19-6-2-3-7-20(19)16-21)26(35)33(27(36)31-28)18-25(34)32(17-23-8-4-5-15-30-23)24-13-11-22(29)12-14-24/h2-16H,17-18H2,1H3,(H,31,36). The number of pyridine rings is 1. The van der Waals surface area contributed by atoms with Crippen LogP contribution in [0.3, 0.4) is 0 Å². The number of benzene rings is 3. The average Bonchev–Trinajstić information content (AvgIpc) is 3.12. The quantitative estimate of drug-likeness (QED) is 0.414. The van der Waals surface area contributed by atoms with Crippen LogP contribution in [0.15, 0.2) is 91.1 Å². The van der Waals surface area contributed by atoms with E-state index in [2.05, 4.69) is 10.3 Å². The lowest BCUT2D eigenvalue weighted by Gasteiger charge is -2.25. The Kier molecular flexibility index (Phi) is 5.93. The molecule has 0 saturated carbocycles. The fourth-order valence-electron chi connectivity index (χ4n) is 4.36. The maximum atomic E-state index is 13.5. The van der Waals surface area contributed by atoms with E-state index in [0.29, 0.717) is 16.9 Å². The molecule has 0 spiro atoms. The summed E-state index contributed by atoms with van der Waals surface area (Å²) in [5.74, 6) is -1.46. The molecule has 1 saturated heterocycles. The zero-order valence-corrected chi connectivity index (χ0v) is 19.5. The number of hydrogen-bond acceptors (Lipinski definition) is 4. The third kappa shape index (κ3) is 4.29. The third-order valence-corrected chi connectivity index (χ3v) is 6.38. The highest BCUT2D eigenvalue weighted by molar-refractivity contribution is 6.10. The van der Waals surface area contributed by atoms with E-state index in [4.69, 9.17) is 0 Å². The SMILES string of the molecule is CC1(c2ccc3ccccc3c2)NC(=O)N(CC(=O)N(Cc2ccccn2)c2ccc(F)cc2)C1=O. The summed E-state index contributed by atoms with van der Waals surface area (Å²) >= 11 is 0. The van der Waals surface area contributed by atoms with Crippen molar-refractivity contribution in [1.82, 2.24) is 15.2 Å². The number of amides is 4. The van der Waals surface area contributed by atoms with Crippen molar-refractivity contribution in [1.29, 1.82) is 0 Å². The molecule has 2 heterocycles. The first-order valence-corrected chi connectivity index (χ1v) is 11.4. The maximum absolute atomic E-state index is 13.5. The van der Waals surface area contributed by atoms with Crippen LogP contribution < -0.4 is 10.2 Å². The molecule has 4 amide bonds. The molecule has 1 unspecified atom stereocenters. The molecule has 7 nitrogen and oxygen atoms in total. The van der Waals surface area contributed by atoms with Gasteiger partial charge in [0.2, 0.25) is 5.91 Å². The number of hydrogen-bond donors (Lipinski definition) is 1. The largest absolute Gasteiger partial charge is 0.325 e.